The van der Waals surface area contributed by atoms with Crippen LogP contribution in [0.25, 0.3) is 10.9 Å². The van der Waals surface area contributed by atoms with Crippen molar-refractivity contribution in [3.8, 4) is 5.88 Å². The van der Waals surface area contributed by atoms with Gasteiger partial charge in [0.2, 0.25) is 5.88 Å². The summed E-state index contributed by atoms with van der Waals surface area (Å²) in [5, 5.41) is 1.00. The first kappa shape index (κ1) is 9.73. The summed E-state index contributed by atoms with van der Waals surface area (Å²) in [6.45, 7) is 1.59. The Balaban J connectivity index is 2.26. The van der Waals surface area contributed by atoms with Crippen LogP contribution < -0.4 is 10.5 Å². The lowest BCUT2D eigenvalue weighted by Crippen LogP contribution is -2.30. The molecule has 0 amide bonds. The van der Waals surface area contributed by atoms with Crippen LogP contribution in [-0.2, 0) is 4.79 Å². The molecule has 0 saturated heterocycles. The third-order valence-corrected chi connectivity index (χ3v) is 2.09. The van der Waals surface area contributed by atoms with Gasteiger partial charge in [-0.3, -0.25) is 0 Å². The molecule has 0 saturated carbocycles. The Hall–Kier alpha value is -1.81. The fraction of sp³-hybridized carbons (Fsp3) is 0.182. The Morgan fingerprint density at radius 2 is 2.20 bits per heavy atom. The number of esters is 1. The van der Waals surface area contributed by atoms with Gasteiger partial charge in [-0.1, -0.05) is 18.2 Å². The lowest BCUT2D eigenvalue weighted by atomic mass is 10.3. The first-order chi connectivity index (χ1) is 7.16. The number of nitrogens with two attached hydrogens (primary N) is 1. The molecule has 0 bridgehead atoms. The van der Waals surface area contributed by atoms with Crippen LogP contribution in [0, 0.1) is 0 Å². The van der Waals surface area contributed by atoms with Crippen LogP contribution in [0.2, 0.25) is 0 Å². The first-order valence-electron chi connectivity index (χ1n) is 4.72. The summed E-state index contributed by atoms with van der Waals surface area (Å²) < 4.78 is 5.04. The quantitative estimate of drug-likeness (QED) is 0.727. The summed E-state index contributed by atoms with van der Waals surface area (Å²) in [5.74, 6) is -0.0138. The number of para-hydroxylation sites is 1. The average molecular weight is 204 g/mol. The highest BCUT2D eigenvalue weighted by Gasteiger charge is 2.11. The number of nitrogens with one attached hydrogen (secondary N) is 1. The van der Waals surface area contributed by atoms with Crippen LogP contribution in [0.5, 0.6) is 5.88 Å². The summed E-state index contributed by atoms with van der Waals surface area (Å²) in [6, 6.07) is 8.85. The topological polar surface area (TPSA) is 68.1 Å². The van der Waals surface area contributed by atoms with Crippen molar-refractivity contribution in [2.45, 2.75) is 13.0 Å². The van der Waals surface area contributed by atoms with Gasteiger partial charge in [-0.15, -0.1) is 0 Å². The van der Waals surface area contributed by atoms with Crippen LogP contribution in [0.15, 0.2) is 30.3 Å². The van der Waals surface area contributed by atoms with Gasteiger partial charge in [-0.25, -0.2) is 4.79 Å². The number of hydrogen-bond acceptors (Lipinski definition) is 3. The van der Waals surface area contributed by atoms with E-state index in [-0.39, 0.29) is 0 Å². The molecule has 78 valence electrons. The predicted molar refractivity (Wildman–Crippen MR) is 57.6 cm³/mol. The van der Waals surface area contributed by atoms with Crippen molar-refractivity contribution in [3.63, 3.8) is 0 Å². The molecule has 1 aromatic heterocycles. The van der Waals surface area contributed by atoms with Gasteiger partial charge in [0.25, 0.3) is 0 Å². The Morgan fingerprint density at radius 1 is 1.47 bits per heavy atom. The molecule has 0 aliphatic carbocycles. The molecule has 4 heteroatoms. The maximum atomic E-state index is 11.2. The Kier molecular flexibility index (Phi) is 2.43. The zero-order valence-corrected chi connectivity index (χ0v) is 8.36. The smallest absolute Gasteiger partial charge is 0.329 e. The maximum absolute atomic E-state index is 11.2. The normalized spacial score (nSPS) is 12.7. The number of aromatic nitrogens is 1. The summed E-state index contributed by atoms with van der Waals surface area (Å²) in [4.78, 5) is 14.2. The van der Waals surface area contributed by atoms with Crippen molar-refractivity contribution in [2.75, 3.05) is 0 Å². The highest BCUT2D eigenvalue weighted by atomic mass is 16.5. The zero-order valence-electron chi connectivity index (χ0n) is 8.36. The Morgan fingerprint density at radius 3 is 2.87 bits per heavy atom. The van der Waals surface area contributed by atoms with E-state index in [1.165, 1.54) is 0 Å². The van der Waals surface area contributed by atoms with E-state index >= 15 is 0 Å². The largest absolute Gasteiger partial charge is 0.408 e. The lowest BCUT2D eigenvalue weighted by molar-refractivity contribution is -0.135. The summed E-state index contributed by atoms with van der Waals surface area (Å²) in [7, 11) is 0. The number of fused-ring (bicyclic) bond motifs is 1. The molecule has 2 rings (SSSR count). The molecule has 1 aromatic carbocycles. The molecule has 0 aliphatic rings. The number of ether oxygens (including phenoxy) is 1. The number of carbonyl (C=O) groups is 1. The van der Waals surface area contributed by atoms with E-state index in [9.17, 15) is 4.79 Å². The van der Waals surface area contributed by atoms with E-state index in [1.54, 1.807) is 13.0 Å². The summed E-state index contributed by atoms with van der Waals surface area (Å²) in [6.07, 6.45) is 0. The second kappa shape index (κ2) is 3.74. The molecular formula is C11H12N2O2. The summed E-state index contributed by atoms with van der Waals surface area (Å²) >= 11 is 0. The van der Waals surface area contributed by atoms with Crippen molar-refractivity contribution in [1.82, 2.24) is 4.98 Å². The van der Waals surface area contributed by atoms with Gasteiger partial charge in [-0.05, 0) is 13.0 Å². The van der Waals surface area contributed by atoms with Crippen LogP contribution in [-0.4, -0.2) is 17.0 Å². The zero-order chi connectivity index (χ0) is 10.8. The number of H-pyrrole nitrogens is 1. The number of hydrogen-bond donors (Lipinski definition) is 2. The lowest BCUT2D eigenvalue weighted by Gasteiger charge is -2.03. The Bertz CT molecular complexity index is 455. The second-order valence-electron chi connectivity index (χ2n) is 3.43. The van der Waals surface area contributed by atoms with Gasteiger partial charge in [0.05, 0.1) is 0 Å². The molecule has 1 atom stereocenters. The molecule has 0 aliphatic heterocycles. The van der Waals surface area contributed by atoms with Crippen molar-refractivity contribution >= 4 is 16.9 Å². The molecule has 0 fully saturated rings. The van der Waals surface area contributed by atoms with Crippen molar-refractivity contribution < 1.29 is 9.53 Å². The van der Waals surface area contributed by atoms with Crippen molar-refractivity contribution in [2.24, 2.45) is 5.73 Å². The molecule has 1 heterocycles. The van der Waals surface area contributed by atoms with E-state index in [0.29, 0.717) is 5.88 Å². The van der Waals surface area contributed by atoms with E-state index in [0.717, 1.165) is 10.9 Å². The molecular weight excluding hydrogens is 192 g/mol. The summed E-state index contributed by atoms with van der Waals surface area (Å²) in [5.41, 5.74) is 6.32. The van der Waals surface area contributed by atoms with Crippen LogP contribution in [0.1, 0.15) is 6.92 Å². The monoisotopic (exact) mass is 204 g/mol. The molecule has 2 aromatic rings. The van der Waals surface area contributed by atoms with Gasteiger partial charge < -0.3 is 15.5 Å². The van der Waals surface area contributed by atoms with E-state index in [4.69, 9.17) is 10.5 Å². The van der Waals surface area contributed by atoms with Crippen molar-refractivity contribution in [3.05, 3.63) is 30.3 Å². The average Bonchev–Trinajstić information content (AvgIpc) is 2.59. The number of rotatable bonds is 2. The standard InChI is InChI=1S/C11H12N2O2/c1-7(12)11(14)15-10-6-8-4-2-3-5-9(8)13-10/h2-7,13H,12H2,1H3/t7-/m0/s1. The highest BCUT2D eigenvalue weighted by Crippen LogP contribution is 2.19. The van der Waals surface area contributed by atoms with Crippen LogP contribution in [0.3, 0.4) is 0 Å². The third kappa shape index (κ3) is 1.99. The minimum atomic E-state index is -0.614. The van der Waals surface area contributed by atoms with Gasteiger partial charge in [0.1, 0.15) is 6.04 Å². The molecule has 0 unspecified atom stereocenters. The van der Waals surface area contributed by atoms with Gasteiger partial charge in [0, 0.05) is 17.0 Å². The number of aromatic amines is 1. The highest BCUT2D eigenvalue weighted by molar-refractivity contribution is 5.83. The minimum absolute atomic E-state index is 0.429. The van der Waals surface area contributed by atoms with Crippen LogP contribution >= 0.6 is 0 Å². The maximum Gasteiger partial charge on any atom is 0.329 e. The SMILES string of the molecule is C[C@H](N)C(=O)Oc1cc2ccccc2[nH]1. The molecule has 0 spiro atoms. The third-order valence-electron chi connectivity index (χ3n) is 2.09. The number of carbonyl (C=O) groups excluding carboxylic acids is 1. The molecule has 4 nitrogen and oxygen atoms in total. The van der Waals surface area contributed by atoms with E-state index in [2.05, 4.69) is 4.98 Å². The van der Waals surface area contributed by atoms with E-state index in [1.807, 2.05) is 24.3 Å². The van der Waals surface area contributed by atoms with Gasteiger partial charge >= 0.3 is 5.97 Å². The molecule has 0 radical (unpaired) electrons. The molecule has 3 N–H and O–H groups in total. The predicted octanol–water partition coefficient (Wildman–Crippen LogP) is 1.42. The molecule has 15 heavy (non-hydrogen) atoms. The van der Waals surface area contributed by atoms with Crippen LogP contribution in [0.4, 0.5) is 0 Å². The van der Waals surface area contributed by atoms with Gasteiger partial charge in [-0.2, -0.15) is 0 Å². The van der Waals surface area contributed by atoms with E-state index < -0.39 is 12.0 Å². The second-order valence-corrected chi connectivity index (χ2v) is 3.43. The fourth-order valence-electron chi connectivity index (χ4n) is 1.30. The first-order valence-corrected chi connectivity index (χ1v) is 4.72. The van der Waals surface area contributed by atoms with Gasteiger partial charge in [0.15, 0.2) is 0 Å². The fourth-order valence-corrected chi connectivity index (χ4v) is 1.30. The minimum Gasteiger partial charge on any atom is -0.408 e. The Labute approximate surface area is 87.0 Å². The number of benzene rings is 1. The van der Waals surface area contributed by atoms with Crippen molar-refractivity contribution in [1.29, 1.82) is 0 Å².